The monoisotopic (exact) mass is 255 g/mol. The summed E-state index contributed by atoms with van der Waals surface area (Å²) in [6.45, 7) is 7.88. The molecule has 2 heterocycles. The summed E-state index contributed by atoms with van der Waals surface area (Å²) in [5.74, 6) is 0. The van der Waals surface area contributed by atoms with Gasteiger partial charge in [0, 0.05) is 30.1 Å². The predicted molar refractivity (Wildman–Crippen MR) is 70.4 cm³/mol. The maximum absolute atomic E-state index is 5.45. The zero-order valence-corrected chi connectivity index (χ0v) is 11.3. The summed E-state index contributed by atoms with van der Waals surface area (Å²) in [6, 6.07) is 0.990. The summed E-state index contributed by atoms with van der Waals surface area (Å²) >= 11 is 1.72. The third kappa shape index (κ3) is 4.03. The van der Waals surface area contributed by atoms with Gasteiger partial charge < -0.3 is 15.4 Å². The van der Waals surface area contributed by atoms with Gasteiger partial charge in [-0.25, -0.2) is 4.98 Å². The molecule has 1 aromatic heterocycles. The second-order valence-corrected chi connectivity index (χ2v) is 5.54. The van der Waals surface area contributed by atoms with Crippen molar-refractivity contribution in [3.8, 4) is 0 Å². The van der Waals surface area contributed by atoms with Crippen LogP contribution >= 0.6 is 11.3 Å². The molecule has 1 saturated heterocycles. The van der Waals surface area contributed by atoms with E-state index in [-0.39, 0.29) is 0 Å². The lowest BCUT2D eigenvalue weighted by molar-refractivity contribution is 0.0712. The quantitative estimate of drug-likeness (QED) is 0.833. The van der Waals surface area contributed by atoms with Crippen molar-refractivity contribution in [2.45, 2.75) is 38.9 Å². The van der Waals surface area contributed by atoms with Crippen LogP contribution in [0.2, 0.25) is 0 Å². The van der Waals surface area contributed by atoms with Crippen LogP contribution in [0.3, 0.4) is 0 Å². The van der Waals surface area contributed by atoms with E-state index in [1.807, 2.05) is 5.51 Å². The van der Waals surface area contributed by atoms with Crippen molar-refractivity contribution in [3.63, 3.8) is 0 Å². The lowest BCUT2D eigenvalue weighted by atomic mass is 10.1. The zero-order valence-electron chi connectivity index (χ0n) is 10.5. The topological polar surface area (TPSA) is 46.2 Å². The molecule has 2 unspecified atom stereocenters. The van der Waals surface area contributed by atoms with Gasteiger partial charge in [-0.3, -0.25) is 0 Å². The molecule has 0 bridgehead atoms. The third-order valence-corrected chi connectivity index (χ3v) is 4.03. The van der Waals surface area contributed by atoms with Crippen molar-refractivity contribution in [1.29, 1.82) is 0 Å². The van der Waals surface area contributed by atoms with Crippen LogP contribution in [0.25, 0.3) is 0 Å². The first-order valence-electron chi connectivity index (χ1n) is 6.19. The molecular weight excluding hydrogens is 234 g/mol. The van der Waals surface area contributed by atoms with Gasteiger partial charge in [-0.05, 0) is 20.3 Å². The first-order chi connectivity index (χ1) is 8.25. The fourth-order valence-corrected chi connectivity index (χ4v) is 2.77. The SMILES string of the molecule is Cc1ncsc1CNC(C)CC1COCCN1. The predicted octanol–water partition coefficient (Wildman–Crippen LogP) is 1.31. The molecule has 2 atom stereocenters. The highest BCUT2D eigenvalue weighted by Crippen LogP contribution is 2.12. The van der Waals surface area contributed by atoms with Crippen LogP contribution in [0.5, 0.6) is 0 Å². The fraction of sp³-hybridized carbons (Fsp3) is 0.750. The summed E-state index contributed by atoms with van der Waals surface area (Å²) in [4.78, 5) is 5.59. The molecule has 0 aliphatic carbocycles. The number of hydrogen-bond donors (Lipinski definition) is 2. The first kappa shape index (κ1) is 13.0. The van der Waals surface area contributed by atoms with Gasteiger partial charge in [0.25, 0.3) is 0 Å². The van der Waals surface area contributed by atoms with Crippen molar-refractivity contribution in [3.05, 3.63) is 16.1 Å². The maximum Gasteiger partial charge on any atom is 0.0798 e. The Bertz CT molecular complexity index is 336. The van der Waals surface area contributed by atoms with E-state index in [4.69, 9.17) is 4.74 Å². The number of thiazole rings is 1. The van der Waals surface area contributed by atoms with Crippen molar-refractivity contribution < 1.29 is 4.74 Å². The molecule has 1 aliphatic rings. The van der Waals surface area contributed by atoms with Gasteiger partial charge in [0.1, 0.15) is 0 Å². The van der Waals surface area contributed by atoms with E-state index in [0.29, 0.717) is 12.1 Å². The van der Waals surface area contributed by atoms with E-state index in [2.05, 4.69) is 29.5 Å². The van der Waals surface area contributed by atoms with Crippen LogP contribution in [0.4, 0.5) is 0 Å². The minimum absolute atomic E-state index is 0.494. The van der Waals surface area contributed by atoms with Gasteiger partial charge in [-0.15, -0.1) is 11.3 Å². The Morgan fingerprint density at radius 3 is 3.24 bits per heavy atom. The van der Waals surface area contributed by atoms with E-state index < -0.39 is 0 Å². The van der Waals surface area contributed by atoms with E-state index >= 15 is 0 Å². The van der Waals surface area contributed by atoms with E-state index in [0.717, 1.165) is 38.4 Å². The minimum atomic E-state index is 0.494. The molecule has 17 heavy (non-hydrogen) atoms. The Morgan fingerprint density at radius 1 is 1.71 bits per heavy atom. The van der Waals surface area contributed by atoms with E-state index in [1.165, 1.54) is 4.88 Å². The Morgan fingerprint density at radius 2 is 2.59 bits per heavy atom. The van der Waals surface area contributed by atoms with Gasteiger partial charge in [0.2, 0.25) is 0 Å². The van der Waals surface area contributed by atoms with E-state index in [9.17, 15) is 0 Å². The number of nitrogens with one attached hydrogen (secondary N) is 2. The number of aromatic nitrogens is 1. The molecule has 2 N–H and O–H groups in total. The number of aryl methyl sites for hydroxylation is 1. The minimum Gasteiger partial charge on any atom is -0.379 e. The normalized spacial score (nSPS) is 22.6. The van der Waals surface area contributed by atoms with E-state index in [1.54, 1.807) is 11.3 Å². The van der Waals surface area contributed by atoms with Gasteiger partial charge in [-0.1, -0.05) is 0 Å². The Labute approximate surface area is 107 Å². The van der Waals surface area contributed by atoms with Crippen molar-refractivity contribution in [2.75, 3.05) is 19.8 Å². The molecule has 0 saturated carbocycles. The van der Waals surface area contributed by atoms with Gasteiger partial charge in [0.05, 0.1) is 24.4 Å². The molecule has 1 aliphatic heterocycles. The number of ether oxygens (including phenoxy) is 1. The molecule has 1 aromatic rings. The number of nitrogens with zero attached hydrogens (tertiary/aromatic N) is 1. The van der Waals surface area contributed by atoms with Crippen LogP contribution in [0.15, 0.2) is 5.51 Å². The van der Waals surface area contributed by atoms with Crippen LogP contribution < -0.4 is 10.6 Å². The molecule has 96 valence electrons. The summed E-state index contributed by atoms with van der Waals surface area (Å²) in [5, 5.41) is 7.03. The summed E-state index contributed by atoms with van der Waals surface area (Å²) in [7, 11) is 0. The smallest absolute Gasteiger partial charge is 0.0798 e. The van der Waals surface area contributed by atoms with Crippen LogP contribution in [-0.4, -0.2) is 36.8 Å². The Balaban J connectivity index is 1.70. The number of rotatable bonds is 5. The van der Waals surface area contributed by atoms with Crippen molar-refractivity contribution >= 4 is 11.3 Å². The zero-order chi connectivity index (χ0) is 12.1. The molecular formula is C12H21N3OS. The molecule has 4 nitrogen and oxygen atoms in total. The second-order valence-electron chi connectivity index (χ2n) is 4.60. The molecule has 2 rings (SSSR count). The highest BCUT2D eigenvalue weighted by atomic mass is 32.1. The Kier molecular flexibility index (Phi) is 4.91. The number of hydrogen-bond acceptors (Lipinski definition) is 5. The lowest BCUT2D eigenvalue weighted by Crippen LogP contribution is -2.44. The summed E-state index contributed by atoms with van der Waals surface area (Å²) in [6.07, 6.45) is 1.11. The van der Waals surface area contributed by atoms with Gasteiger partial charge >= 0.3 is 0 Å². The second kappa shape index (κ2) is 6.44. The Hall–Kier alpha value is -0.490. The highest BCUT2D eigenvalue weighted by Gasteiger charge is 2.16. The average Bonchev–Trinajstić information content (AvgIpc) is 2.74. The maximum atomic E-state index is 5.45. The first-order valence-corrected chi connectivity index (χ1v) is 7.07. The standard InChI is InChI=1S/C12H21N3OS/c1-9(5-11-7-16-4-3-13-11)14-6-12-10(2)15-8-17-12/h8-9,11,13-14H,3-7H2,1-2H3. The molecule has 0 radical (unpaired) electrons. The largest absolute Gasteiger partial charge is 0.379 e. The van der Waals surface area contributed by atoms with Crippen LogP contribution in [0.1, 0.15) is 23.9 Å². The van der Waals surface area contributed by atoms with Gasteiger partial charge in [-0.2, -0.15) is 0 Å². The molecule has 1 fully saturated rings. The van der Waals surface area contributed by atoms with Gasteiger partial charge in [0.15, 0.2) is 0 Å². The third-order valence-electron chi connectivity index (χ3n) is 3.09. The molecule has 0 aromatic carbocycles. The van der Waals surface area contributed by atoms with Crippen molar-refractivity contribution in [2.24, 2.45) is 0 Å². The molecule has 5 heteroatoms. The summed E-state index contributed by atoms with van der Waals surface area (Å²) in [5.41, 5.74) is 3.06. The molecule has 0 amide bonds. The molecule has 0 spiro atoms. The van der Waals surface area contributed by atoms with Crippen molar-refractivity contribution in [1.82, 2.24) is 15.6 Å². The summed E-state index contributed by atoms with van der Waals surface area (Å²) < 4.78 is 5.45. The van der Waals surface area contributed by atoms with Crippen LogP contribution in [0, 0.1) is 6.92 Å². The average molecular weight is 255 g/mol. The lowest BCUT2D eigenvalue weighted by Gasteiger charge is -2.26. The number of morpholine rings is 1. The highest BCUT2D eigenvalue weighted by molar-refractivity contribution is 7.09. The fourth-order valence-electron chi connectivity index (χ4n) is 2.04. The van der Waals surface area contributed by atoms with Crippen LogP contribution in [-0.2, 0) is 11.3 Å².